The third kappa shape index (κ3) is 3.93. The van der Waals surface area contributed by atoms with Crippen LogP contribution in [0.3, 0.4) is 0 Å². The minimum Gasteiger partial charge on any atom is -0.478 e. The SMILES string of the molecule is Cc1cc(NC(=O)Cc2ccccc2C(=O)O)n([C@H]2CCS(=O)(=O)C2)n1. The fraction of sp³-hybridized carbons (Fsp3) is 0.353. The van der Waals surface area contributed by atoms with Crippen LogP contribution in [0.5, 0.6) is 0 Å². The molecule has 138 valence electrons. The average molecular weight is 377 g/mol. The minimum atomic E-state index is -3.08. The number of aryl methyl sites for hydroxylation is 1. The van der Waals surface area contributed by atoms with E-state index in [9.17, 15) is 23.1 Å². The molecule has 2 N–H and O–H groups in total. The summed E-state index contributed by atoms with van der Waals surface area (Å²) in [7, 11) is -3.08. The van der Waals surface area contributed by atoms with Gasteiger partial charge in [0.2, 0.25) is 5.91 Å². The van der Waals surface area contributed by atoms with E-state index in [1.54, 1.807) is 35.9 Å². The van der Waals surface area contributed by atoms with Gasteiger partial charge in [-0.1, -0.05) is 18.2 Å². The number of carbonyl (C=O) groups is 2. The summed E-state index contributed by atoms with van der Waals surface area (Å²) in [6.07, 6.45) is 0.351. The number of anilines is 1. The van der Waals surface area contributed by atoms with Crippen molar-refractivity contribution in [1.82, 2.24) is 9.78 Å². The highest BCUT2D eigenvalue weighted by Crippen LogP contribution is 2.27. The number of carboxylic acid groups (broad SMARTS) is 1. The highest BCUT2D eigenvalue weighted by molar-refractivity contribution is 7.91. The van der Waals surface area contributed by atoms with Crippen molar-refractivity contribution in [1.29, 1.82) is 0 Å². The number of nitrogens with one attached hydrogen (secondary N) is 1. The normalized spacial score (nSPS) is 18.6. The molecule has 26 heavy (non-hydrogen) atoms. The Morgan fingerprint density at radius 2 is 2.08 bits per heavy atom. The van der Waals surface area contributed by atoms with Crippen molar-refractivity contribution < 1.29 is 23.1 Å². The highest BCUT2D eigenvalue weighted by Gasteiger charge is 2.31. The van der Waals surface area contributed by atoms with Gasteiger partial charge in [-0.25, -0.2) is 17.9 Å². The number of carboxylic acids is 1. The van der Waals surface area contributed by atoms with Crippen LogP contribution in [0.2, 0.25) is 0 Å². The van der Waals surface area contributed by atoms with Crippen LogP contribution in [0.4, 0.5) is 5.82 Å². The number of hydrogen-bond donors (Lipinski definition) is 2. The van der Waals surface area contributed by atoms with Crippen molar-refractivity contribution in [3.8, 4) is 0 Å². The van der Waals surface area contributed by atoms with E-state index in [0.29, 0.717) is 23.5 Å². The monoisotopic (exact) mass is 377 g/mol. The molecule has 1 aliphatic heterocycles. The van der Waals surface area contributed by atoms with Crippen molar-refractivity contribution >= 4 is 27.5 Å². The van der Waals surface area contributed by atoms with E-state index in [4.69, 9.17) is 0 Å². The molecule has 2 aromatic rings. The van der Waals surface area contributed by atoms with Gasteiger partial charge in [-0.05, 0) is 25.0 Å². The first-order valence-corrected chi connectivity index (χ1v) is 9.95. The van der Waals surface area contributed by atoms with Crippen LogP contribution >= 0.6 is 0 Å². The molecule has 1 fully saturated rings. The molecular formula is C17H19N3O5S. The van der Waals surface area contributed by atoms with E-state index in [2.05, 4.69) is 10.4 Å². The number of amides is 1. The van der Waals surface area contributed by atoms with E-state index < -0.39 is 15.8 Å². The zero-order valence-corrected chi connectivity index (χ0v) is 15.0. The van der Waals surface area contributed by atoms with Crippen LogP contribution in [0.1, 0.15) is 34.1 Å². The van der Waals surface area contributed by atoms with E-state index in [1.165, 1.54) is 6.07 Å². The number of carbonyl (C=O) groups excluding carboxylic acids is 1. The van der Waals surface area contributed by atoms with Gasteiger partial charge in [0.25, 0.3) is 0 Å². The number of rotatable bonds is 5. The third-order valence-electron chi connectivity index (χ3n) is 4.28. The zero-order valence-electron chi connectivity index (χ0n) is 14.2. The van der Waals surface area contributed by atoms with Gasteiger partial charge in [-0.3, -0.25) is 4.79 Å². The standard InChI is InChI=1S/C17H19N3O5S/c1-11-8-15(20(19-11)13-6-7-26(24,25)10-13)18-16(21)9-12-4-2-3-5-14(12)17(22)23/h2-5,8,13H,6-7,9-10H2,1H3,(H,18,21)(H,22,23)/t13-/m0/s1. The lowest BCUT2D eigenvalue weighted by atomic mass is 10.0. The summed E-state index contributed by atoms with van der Waals surface area (Å²) >= 11 is 0. The number of sulfone groups is 1. The van der Waals surface area contributed by atoms with Gasteiger partial charge >= 0.3 is 5.97 Å². The number of hydrogen-bond acceptors (Lipinski definition) is 5. The predicted molar refractivity (Wildman–Crippen MR) is 95.0 cm³/mol. The second-order valence-electron chi connectivity index (χ2n) is 6.36. The first kappa shape index (κ1) is 18.1. The second-order valence-corrected chi connectivity index (χ2v) is 8.59. The lowest BCUT2D eigenvalue weighted by molar-refractivity contribution is -0.115. The first-order valence-electron chi connectivity index (χ1n) is 8.13. The molecule has 0 saturated carbocycles. The van der Waals surface area contributed by atoms with E-state index in [0.717, 1.165) is 0 Å². The molecule has 8 nitrogen and oxygen atoms in total. The lowest BCUT2D eigenvalue weighted by Gasteiger charge is -2.14. The zero-order chi connectivity index (χ0) is 18.9. The van der Waals surface area contributed by atoms with Crippen LogP contribution < -0.4 is 5.32 Å². The number of nitrogens with zero attached hydrogens (tertiary/aromatic N) is 2. The third-order valence-corrected chi connectivity index (χ3v) is 6.03. The van der Waals surface area contributed by atoms with Gasteiger partial charge in [0.15, 0.2) is 9.84 Å². The van der Waals surface area contributed by atoms with E-state index in [1.807, 2.05) is 0 Å². The van der Waals surface area contributed by atoms with E-state index in [-0.39, 0.29) is 35.4 Å². The van der Waals surface area contributed by atoms with Crippen molar-refractivity contribution in [2.75, 3.05) is 16.8 Å². The molecule has 1 aliphatic rings. The lowest BCUT2D eigenvalue weighted by Crippen LogP contribution is -2.21. The Morgan fingerprint density at radius 1 is 1.35 bits per heavy atom. The molecule has 1 aromatic carbocycles. The highest BCUT2D eigenvalue weighted by atomic mass is 32.2. The molecule has 0 unspecified atom stereocenters. The molecule has 0 bridgehead atoms. The van der Waals surface area contributed by atoms with Gasteiger partial charge in [0, 0.05) is 6.07 Å². The molecule has 1 aromatic heterocycles. The van der Waals surface area contributed by atoms with Crippen molar-refractivity contribution in [2.45, 2.75) is 25.8 Å². The number of benzene rings is 1. The summed E-state index contributed by atoms with van der Waals surface area (Å²) in [6.45, 7) is 1.76. The van der Waals surface area contributed by atoms with Crippen molar-refractivity contribution in [3.05, 3.63) is 47.2 Å². The number of aromatic nitrogens is 2. The quantitative estimate of drug-likeness (QED) is 0.814. The molecule has 0 spiro atoms. The molecule has 9 heteroatoms. The Kier molecular flexibility index (Phi) is 4.82. The predicted octanol–water partition coefficient (Wildman–Crippen LogP) is 1.43. The Morgan fingerprint density at radius 3 is 2.73 bits per heavy atom. The maximum absolute atomic E-state index is 12.4. The van der Waals surface area contributed by atoms with Crippen molar-refractivity contribution in [2.24, 2.45) is 0 Å². The second kappa shape index (κ2) is 6.91. The fourth-order valence-electron chi connectivity index (χ4n) is 3.10. The Balaban J connectivity index is 1.78. The van der Waals surface area contributed by atoms with Crippen molar-refractivity contribution in [3.63, 3.8) is 0 Å². The Labute approximate surface area is 150 Å². The van der Waals surface area contributed by atoms with Gasteiger partial charge < -0.3 is 10.4 Å². The van der Waals surface area contributed by atoms with Gasteiger partial charge in [0.1, 0.15) is 5.82 Å². The molecule has 0 aliphatic carbocycles. The summed E-state index contributed by atoms with van der Waals surface area (Å²) in [5.74, 6) is -0.956. The molecule has 1 saturated heterocycles. The van der Waals surface area contributed by atoms with Crippen LogP contribution in [-0.2, 0) is 21.1 Å². The van der Waals surface area contributed by atoms with Crippen LogP contribution in [0.15, 0.2) is 30.3 Å². The van der Waals surface area contributed by atoms with Crippen LogP contribution in [0.25, 0.3) is 0 Å². The Bertz CT molecular complexity index is 965. The summed E-state index contributed by atoms with van der Waals surface area (Å²) in [5, 5.41) is 16.2. The summed E-state index contributed by atoms with van der Waals surface area (Å²) in [5.41, 5.74) is 1.15. The first-order chi connectivity index (χ1) is 12.2. The molecule has 0 radical (unpaired) electrons. The summed E-state index contributed by atoms with van der Waals surface area (Å²) in [6, 6.07) is 7.68. The smallest absolute Gasteiger partial charge is 0.335 e. The molecule has 3 rings (SSSR count). The van der Waals surface area contributed by atoms with Gasteiger partial charge in [-0.15, -0.1) is 0 Å². The van der Waals surface area contributed by atoms with Gasteiger partial charge in [0.05, 0.1) is 35.2 Å². The maximum atomic E-state index is 12.4. The summed E-state index contributed by atoms with van der Waals surface area (Å²) in [4.78, 5) is 23.6. The van der Waals surface area contributed by atoms with Gasteiger partial charge in [-0.2, -0.15) is 5.10 Å². The minimum absolute atomic E-state index is 0.00115. The largest absolute Gasteiger partial charge is 0.478 e. The topological polar surface area (TPSA) is 118 Å². The molecular weight excluding hydrogens is 358 g/mol. The molecule has 2 heterocycles. The molecule has 1 amide bonds. The van der Waals surface area contributed by atoms with Crippen LogP contribution in [0, 0.1) is 6.92 Å². The maximum Gasteiger partial charge on any atom is 0.335 e. The number of aromatic carboxylic acids is 1. The average Bonchev–Trinajstić information content (AvgIpc) is 3.09. The molecule has 1 atom stereocenters. The fourth-order valence-corrected chi connectivity index (χ4v) is 4.79. The summed E-state index contributed by atoms with van der Waals surface area (Å²) < 4.78 is 25.0. The Hall–Kier alpha value is -2.68. The van der Waals surface area contributed by atoms with Crippen LogP contribution in [-0.4, -0.2) is 46.7 Å². The van der Waals surface area contributed by atoms with E-state index >= 15 is 0 Å².